The first-order valence-corrected chi connectivity index (χ1v) is 8.42. The minimum Gasteiger partial charge on any atom is -0.497 e. The van der Waals surface area contributed by atoms with E-state index in [0.29, 0.717) is 22.4 Å². The predicted octanol–water partition coefficient (Wildman–Crippen LogP) is 2.28. The third kappa shape index (κ3) is 3.44. The van der Waals surface area contributed by atoms with Crippen molar-refractivity contribution in [2.75, 3.05) is 14.2 Å². The molecule has 2 aromatic carbocycles. The maximum atomic E-state index is 12.8. The Morgan fingerprint density at radius 1 is 1.07 bits per heavy atom. The number of nitrogens with zero attached hydrogens (tertiary/aromatic N) is 2. The number of rotatable bonds is 5. The molecule has 0 aliphatic carbocycles. The topological polar surface area (TPSA) is 97.3 Å². The lowest BCUT2D eigenvalue weighted by molar-refractivity contribution is -0.131. The number of carbonyl (C=O) groups is 3. The number of hydrogen-bond acceptors (Lipinski definition) is 6. The second-order valence-electron chi connectivity index (χ2n) is 6.26. The summed E-state index contributed by atoms with van der Waals surface area (Å²) in [6, 6.07) is 12.7. The van der Waals surface area contributed by atoms with Gasteiger partial charge in [0.25, 0.3) is 5.91 Å². The molecule has 2 aromatic rings. The average Bonchev–Trinajstić information content (AvgIpc) is 2.95. The molecule has 1 fully saturated rings. The zero-order valence-electron chi connectivity index (χ0n) is 15.6. The van der Waals surface area contributed by atoms with Gasteiger partial charge in [-0.2, -0.15) is 5.10 Å². The van der Waals surface area contributed by atoms with Gasteiger partial charge < -0.3 is 14.8 Å². The second kappa shape index (κ2) is 7.51. The van der Waals surface area contributed by atoms with Gasteiger partial charge in [-0.15, -0.1) is 5.01 Å². The van der Waals surface area contributed by atoms with Gasteiger partial charge in [-0.05, 0) is 42.3 Å². The van der Waals surface area contributed by atoms with Crippen LogP contribution in [-0.2, 0) is 15.1 Å². The van der Waals surface area contributed by atoms with Crippen LogP contribution < -0.4 is 10.1 Å². The lowest BCUT2D eigenvalue weighted by Gasteiger charge is -2.21. The number of hydrogen-bond donors (Lipinski definition) is 1. The van der Waals surface area contributed by atoms with Gasteiger partial charge in [-0.1, -0.05) is 24.3 Å². The molecular weight excluding hydrogens is 362 g/mol. The zero-order valence-corrected chi connectivity index (χ0v) is 15.6. The highest BCUT2D eigenvalue weighted by molar-refractivity contribution is 6.07. The summed E-state index contributed by atoms with van der Waals surface area (Å²) in [6.45, 7) is 1.62. The van der Waals surface area contributed by atoms with Crippen LogP contribution in [0.4, 0.5) is 4.79 Å². The summed E-state index contributed by atoms with van der Waals surface area (Å²) in [5.41, 5.74) is 0.398. The molecule has 3 rings (SSSR count). The molecule has 1 aliphatic heterocycles. The highest BCUT2D eigenvalue weighted by atomic mass is 16.5. The summed E-state index contributed by atoms with van der Waals surface area (Å²) in [5, 5.41) is 7.47. The number of methoxy groups -OCH3 is 2. The second-order valence-corrected chi connectivity index (χ2v) is 6.26. The van der Waals surface area contributed by atoms with Crippen molar-refractivity contribution in [1.29, 1.82) is 0 Å². The van der Waals surface area contributed by atoms with Crippen molar-refractivity contribution in [3.8, 4) is 5.75 Å². The molecule has 0 radical (unpaired) electrons. The Kier molecular flexibility index (Phi) is 5.12. The number of hydrazone groups is 1. The smallest absolute Gasteiger partial charge is 0.346 e. The van der Waals surface area contributed by atoms with Crippen LogP contribution in [0.25, 0.3) is 0 Å². The number of ether oxygens (including phenoxy) is 2. The van der Waals surface area contributed by atoms with Gasteiger partial charge in [0.15, 0.2) is 0 Å². The minimum atomic E-state index is -1.23. The fraction of sp³-hybridized carbons (Fsp3) is 0.200. The van der Waals surface area contributed by atoms with Crippen LogP contribution in [0.3, 0.4) is 0 Å². The van der Waals surface area contributed by atoms with Gasteiger partial charge in [-0.3, -0.25) is 4.79 Å². The molecule has 144 valence electrons. The van der Waals surface area contributed by atoms with E-state index < -0.39 is 23.4 Å². The van der Waals surface area contributed by atoms with Crippen molar-refractivity contribution in [2.45, 2.75) is 12.5 Å². The first kappa shape index (κ1) is 19.1. The highest BCUT2D eigenvalue weighted by Crippen LogP contribution is 2.30. The molecule has 1 atom stereocenters. The fourth-order valence-electron chi connectivity index (χ4n) is 2.80. The van der Waals surface area contributed by atoms with Crippen molar-refractivity contribution in [3.05, 3.63) is 65.2 Å². The van der Waals surface area contributed by atoms with Gasteiger partial charge in [0, 0.05) is 0 Å². The third-order valence-corrected chi connectivity index (χ3v) is 4.49. The Bertz CT molecular complexity index is 937. The van der Waals surface area contributed by atoms with Crippen molar-refractivity contribution in [2.24, 2.45) is 5.10 Å². The van der Waals surface area contributed by atoms with Crippen molar-refractivity contribution in [3.63, 3.8) is 0 Å². The lowest BCUT2D eigenvalue weighted by atomic mass is 9.92. The number of esters is 1. The summed E-state index contributed by atoms with van der Waals surface area (Å²) in [4.78, 5) is 36.6. The summed E-state index contributed by atoms with van der Waals surface area (Å²) in [5.74, 6) is -0.299. The van der Waals surface area contributed by atoms with E-state index in [0.717, 1.165) is 5.01 Å². The molecule has 0 spiro atoms. The number of imide groups is 1. The quantitative estimate of drug-likeness (QED) is 0.487. The van der Waals surface area contributed by atoms with E-state index in [9.17, 15) is 14.4 Å². The molecule has 1 saturated heterocycles. The Hall–Kier alpha value is -3.68. The molecule has 1 N–H and O–H groups in total. The van der Waals surface area contributed by atoms with E-state index in [4.69, 9.17) is 4.74 Å². The van der Waals surface area contributed by atoms with Crippen molar-refractivity contribution >= 4 is 24.1 Å². The number of nitrogens with one attached hydrogen (secondary N) is 1. The first-order chi connectivity index (χ1) is 13.4. The average molecular weight is 381 g/mol. The standard InChI is InChI=1S/C20H19N3O5/c1-20(15-8-10-16(27-2)11-9-15)18(25)23(19(26)22-20)21-12-13-4-6-14(7-5-13)17(24)28-3/h4-12H,1-3H3,(H,22,26)/b21-12-/t20-/m0/s1. The molecule has 8 heteroatoms. The predicted molar refractivity (Wildman–Crippen MR) is 101 cm³/mol. The zero-order chi connectivity index (χ0) is 20.3. The molecule has 0 aromatic heterocycles. The maximum absolute atomic E-state index is 12.8. The minimum absolute atomic E-state index is 0.390. The van der Waals surface area contributed by atoms with Crippen LogP contribution in [-0.4, -0.2) is 43.4 Å². The molecule has 1 heterocycles. The number of carbonyl (C=O) groups excluding carboxylic acids is 3. The van der Waals surface area contributed by atoms with E-state index in [1.54, 1.807) is 62.6 Å². The van der Waals surface area contributed by atoms with Crippen LogP contribution in [0, 0.1) is 0 Å². The van der Waals surface area contributed by atoms with E-state index in [1.165, 1.54) is 13.3 Å². The normalized spacial score (nSPS) is 19.0. The van der Waals surface area contributed by atoms with Gasteiger partial charge in [-0.25, -0.2) is 9.59 Å². The summed E-state index contributed by atoms with van der Waals surface area (Å²) >= 11 is 0. The molecule has 8 nitrogen and oxygen atoms in total. The number of amides is 3. The van der Waals surface area contributed by atoms with Crippen LogP contribution >= 0.6 is 0 Å². The molecular formula is C20H19N3O5. The summed E-state index contributed by atoms with van der Waals surface area (Å²) in [6.07, 6.45) is 1.37. The van der Waals surface area contributed by atoms with Gasteiger partial charge >= 0.3 is 12.0 Å². The Morgan fingerprint density at radius 2 is 1.71 bits per heavy atom. The van der Waals surface area contributed by atoms with Crippen molar-refractivity contribution in [1.82, 2.24) is 10.3 Å². The Labute approximate surface area is 161 Å². The number of urea groups is 1. The Morgan fingerprint density at radius 3 is 2.29 bits per heavy atom. The van der Waals surface area contributed by atoms with Crippen LogP contribution in [0.1, 0.15) is 28.4 Å². The molecule has 1 aliphatic rings. The third-order valence-electron chi connectivity index (χ3n) is 4.49. The van der Waals surface area contributed by atoms with Crippen molar-refractivity contribution < 1.29 is 23.9 Å². The van der Waals surface area contributed by atoms with Crippen LogP contribution in [0.2, 0.25) is 0 Å². The molecule has 28 heavy (non-hydrogen) atoms. The van der Waals surface area contributed by atoms with E-state index >= 15 is 0 Å². The molecule has 3 amide bonds. The van der Waals surface area contributed by atoms with E-state index in [2.05, 4.69) is 15.2 Å². The van der Waals surface area contributed by atoms with Crippen LogP contribution in [0.5, 0.6) is 5.75 Å². The molecule has 0 unspecified atom stereocenters. The van der Waals surface area contributed by atoms with Gasteiger partial charge in [0.1, 0.15) is 11.3 Å². The van der Waals surface area contributed by atoms with Crippen LogP contribution in [0.15, 0.2) is 53.6 Å². The number of benzene rings is 2. The molecule has 0 saturated carbocycles. The van der Waals surface area contributed by atoms with E-state index in [-0.39, 0.29) is 0 Å². The Balaban J connectivity index is 1.79. The summed E-state index contributed by atoms with van der Waals surface area (Å²) < 4.78 is 9.76. The highest BCUT2D eigenvalue weighted by Gasteiger charge is 2.49. The first-order valence-electron chi connectivity index (χ1n) is 8.42. The SMILES string of the molecule is COC(=O)c1ccc(/C=N\N2C(=O)N[C@@](C)(c3ccc(OC)cc3)C2=O)cc1. The van der Waals surface area contributed by atoms with E-state index in [1.807, 2.05) is 0 Å². The largest absolute Gasteiger partial charge is 0.497 e. The van der Waals surface area contributed by atoms with Gasteiger partial charge in [0.2, 0.25) is 0 Å². The maximum Gasteiger partial charge on any atom is 0.346 e. The fourth-order valence-corrected chi connectivity index (χ4v) is 2.80. The molecule has 0 bridgehead atoms. The summed E-state index contributed by atoms with van der Waals surface area (Å²) in [7, 11) is 2.85. The monoisotopic (exact) mass is 381 g/mol. The lowest BCUT2D eigenvalue weighted by Crippen LogP contribution is -2.40. The van der Waals surface area contributed by atoms with Gasteiger partial charge in [0.05, 0.1) is 26.0 Å².